The van der Waals surface area contributed by atoms with Crippen LogP contribution >= 0.6 is 15.9 Å². The highest BCUT2D eigenvalue weighted by Crippen LogP contribution is 2.26. The molecule has 1 fully saturated rings. The zero-order valence-corrected chi connectivity index (χ0v) is 12.4. The van der Waals surface area contributed by atoms with E-state index in [0.29, 0.717) is 6.04 Å². The number of rotatable bonds is 2. The molecule has 0 radical (unpaired) electrons. The molecule has 0 saturated carbocycles. The Morgan fingerprint density at radius 2 is 2.21 bits per heavy atom. The predicted octanol–water partition coefficient (Wildman–Crippen LogP) is 2.62. The molecule has 2 atom stereocenters. The molecule has 1 aromatic carbocycles. The molecular weight excluding hydrogens is 306 g/mol. The Balaban J connectivity index is 2.02. The van der Waals surface area contributed by atoms with Gasteiger partial charge in [0.25, 0.3) is 0 Å². The molecule has 2 heterocycles. The van der Waals surface area contributed by atoms with E-state index in [0.717, 1.165) is 35.2 Å². The van der Waals surface area contributed by atoms with E-state index in [4.69, 9.17) is 4.74 Å². The van der Waals surface area contributed by atoms with E-state index in [1.807, 2.05) is 18.2 Å². The van der Waals surface area contributed by atoms with Crippen molar-refractivity contribution < 1.29 is 4.74 Å². The topological polar surface area (TPSA) is 38.2 Å². The number of hydrogen-bond donors (Lipinski definition) is 0. The van der Waals surface area contributed by atoms with Crippen LogP contribution in [0.4, 0.5) is 5.82 Å². The number of para-hydroxylation sites is 1. The van der Waals surface area contributed by atoms with E-state index < -0.39 is 0 Å². The van der Waals surface area contributed by atoms with Crippen LogP contribution in [0.3, 0.4) is 0 Å². The Morgan fingerprint density at radius 1 is 1.37 bits per heavy atom. The molecule has 5 heteroatoms. The molecule has 1 aliphatic heterocycles. The average Bonchev–Trinajstić information content (AvgIpc) is 2.47. The number of anilines is 1. The van der Waals surface area contributed by atoms with Crippen molar-refractivity contribution in [2.75, 3.05) is 23.4 Å². The van der Waals surface area contributed by atoms with E-state index in [-0.39, 0.29) is 6.10 Å². The molecule has 0 amide bonds. The summed E-state index contributed by atoms with van der Waals surface area (Å²) in [5.74, 6) is 1.01. The Kier molecular flexibility index (Phi) is 3.66. The van der Waals surface area contributed by atoms with Crippen molar-refractivity contribution in [2.24, 2.45) is 0 Å². The summed E-state index contributed by atoms with van der Waals surface area (Å²) in [6.45, 7) is 3.75. The number of fused-ring (bicyclic) bond motifs is 1. The third kappa shape index (κ3) is 2.44. The lowest BCUT2D eigenvalue weighted by Crippen LogP contribution is -2.49. The number of alkyl halides is 1. The van der Waals surface area contributed by atoms with Crippen molar-refractivity contribution in [3.8, 4) is 0 Å². The number of nitrogens with zero attached hydrogens (tertiary/aromatic N) is 3. The molecule has 0 N–H and O–H groups in total. The van der Waals surface area contributed by atoms with Crippen LogP contribution in [0.2, 0.25) is 0 Å². The van der Waals surface area contributed by atoms with Crippen LogP contribution in [0.15, 0.2) is 30.6 Å². The second-order valence-corrected chi connectivity index (χ2v) is 5.47. The van der Waals surface area contributed by atoms with E-state index in [2.05, 4.69) is 43.8 Å². The third-order valence-electron chi connectivity index (χ3n) is 3.47. The van der Waals surface area contributed by atoms with Gasteiger partial charge >= 0.3 is 0 Å². The lowest BCUT2D eigenvalue weighted by atomic mass is 10.1. The summed E-state index contributed by atoms with van der Waals surface area (Å²) in [6.07, 6.45) is 1.85. The molecule has 1 aromatic heterocycles. The summed E-state index contributed by atoms with van der Waals surface area (Å²) < 4.78 is 5.77. The summed E-state index contributed by atoms with van der Waals surface area (Å²) in [4.78, 5) is 11.1. The first kappa shape index (κ1) is 12.8. The number of hydrogen-bond acceptors (Lipinski definition) is 4. The average molecular weight is 322 g/mol. The minimum atomic E-state index is 0.213. The van der Waals surface area contributed by atoms with Gasteiger partial charge in [0.15, 0.2) is 0 Å². The quantitative estimate of drug-likeness (QED) is 0.797. The number of halogens is 1. The molecular formula is C14H16BrN3O. The maximum Gasteiger partial charge on any atom is 0.140 e. The van der Waals surface area contributed by atoms with Gasteiger partial charge in [-0.15, -0.1) is 0 Å². The van der Waals surface area contributed by atoms with Gasteiger partial charge in [0, 0.05) is 17.3 Å². The van der Waals surface area contributed by atoms with Crippen LogP contribution in [0, 0.1) is 0 Å². The first-order valence-corrected chi connectivity index (χ1v) is 7.55. The zero-order chi connectivity index (χ0) is 13.2. The number of benzene rings is 1. The predicted molar refractivity (Wildman–Crippen MR) is 79.9 cm³/mol. The molecule has 0 spiro atoms. The lowest BCUT2D eigenvalue weighted by Gasteiger charge is -2.38. The van der Waals surface area contributed by atoms with E-state index in [1.165, 1.54) is 0 Å². The SMILES string of the molecule is CC1COC(CBr)CN1c1ncnc2ccccc12. The second-order valence-electron chi connectivity index (χ2n) is 4.83. The summed E-state index contributed by atoms with van der Waals surface area (Å²) in [6, 6.07) is 8.46. The molecule has 2 aromatic rings. The number of aromatic nitrogens is 2. The minimum absolute atomic E-state index is 0.213. The van der Waals surface area contributed by atoms with Gasteiger partial charge in [-0.25, -0.2) is 9.97 Å². The molecule has 100 valence electrons. The molecule has 3 rings (SSSR count). The first-order valence-electron chi connectivity index (χ1n) is 6.43. The summed E-state index contributed by atoms with van der Waals surface area (Å²) >= 11 is 3.50. The van der Waals surface area contributed by atoms with Gasteiger partial charge in [0.2, 0.25) is 0 Å². The van der Waals surface area contributed by atoms with Crippen molar-refractivity contribution in [3.05, 3.63) is 30.6 Å². The third-order valence-corrected chi connectivity index (χ3v) is 4.19. The van der Waals surface area contributed by atoms with Crippen LogP contribution in [-0.2, 0) is 4.74 Å². The lowest BCUT2D eigenvalue weighted by molar-refractivity contribution is 0.0378. The highest BCUT2D eigenvalue weighted by atomic mass is 79.9. The molecule has 0 bridgehead atoms. The molecule has 0 aliphatic carbocycles. The van der Waals surface area contributed by atoms with Crippen LogP contribution < -0.4 is 4.90 Å². The van der Waals surface area contributed by atoms with Gasteiger partial charge in [0.1, 0.15) is 12.1 Å². The van der Waals surface area contributed by atoms with Crippen LogP contribution in [0.25, 0.3) is 10.9 Å². The Labute approximate surface area is 120 Å². The maximum atomic E-state index is 5.77. The van der Waals surface area contributed by atoms with Crippen molar-refractivity contribution in [1.82, 2.24) is 9.97 Å². The highest BCUT2D eigenvalue weighted by molar-refractivity contribution is 9.09. The van der Waals surface area contributed by atoms with Crippen molar-refractivity contribution in [2.45, 2.75) is 19.1 Å². The normalized spacial score (nSPS) is 23.8. The Bertz CT molecular complexity index is 572. The van der Waals surface area contributed by atoms with E-state index in [9.17, 15) is 0 Å². The standard InChI is InChI=1S/C14H16BrN3O/c1-10-8-19-11(6-15)7-18(10)14-12-4-2-3-5-13(12)16-9-17-14/h2-5,9-11H,6-8H2,1H3. The summed E-state index contributed by atoms with van der Waals surface area (Å²) in [5, 5.41) is 1.95. The van der Waals surface area contributed by atoms with Crippen molar-refractivity contribution in [1.29, 1.82) is 0 Å². The monoisotopic (exact) mass is 321 g/mol. The van der Waals surface area contributed by atoms with Gasteiger partial charge < -0.3 is 9.64 Å². The Morgan fingerprint density at radius 3 is 3.05 bits per heavy atom. The van der Waals surface area contributed by atoms with Gasteiger partial charge in [-0.3, -0.25) is 0 Å². The second kappa shape index (κ2) is 5.43. The fraction of sp³-hybridized carbons (Fsp3) is 0.429. The molecule has 1 saturated heterocycles. The van der Waals surface area contributed by atoms with Gasteiger partial charge in [-0.1, -0.05) is 28.1 Å². The summed E-state index contributed by atoms with van der Waals surface area (Å²) in [7, 11) is 0. The molecule has 1 aliphatic rings. The summed E-state index contributed by atoms with van der Waals surface area (Å²) in [5.41, 5.74) is 0.988. The van der Waals surface area contributed by atoms with Crippen LogP contribution in [-0.4, -0.2) is 40.6 Å². The fourth-order valence-electron chi connectivity index (χ4n) is 2.43. The highest BCUT2D eigenvalue weighted by Gasteiger charge is 2.27. The molecule has 2 unspecified atom stereocenters. The maximum absolute atomic E-state index is 5.77. The minimum Gasteiger partial charge on any atom is -0.373 e. The fourth-order valence-corrected chi connectivity index (χ4v) is 2.82. The number of morpholine rings is 1. The zero-order valence-electron chi connectivity index (χ0n) is 10.8. The van der Waals surface area contributed by atoms with Crippen molar-refractivity contribution >= 4 is 32.7 Å². The Hall–Kier alpha value is -1.20. The van der Waals surface area contributed by atoms with Crippen LogP contribution in [0.1, 0.15) is 6.92 Å². The van der Waals surface area contributed by atoms with Gasteiger partial charge in [-0.05, 0) is 19.1 Å². The molecule has 4 nitrogen and oxygen atoms in total. The smallest absolute Gasteiger partial charge is 0.140 e. The van der Waals surface area contributed by atoms with Crippen LogP contribution in [0.5, 0.6) is 0 Å². The van der Waals surface area contributed by atoms with E-state index >= 15 is 0 Å². The van der Waals surface area contributed by atoms with Gasteiger partial charge in [-0.2, -0.15) is 0 Å². The largest absolute Gasteiger partial charge is 0.373 e. The van der Waals surface area contributed by atoms with Crippen molar-refractivity contribution in [3.63, 3.8) is 0 Å². The van der Waals surface area contributed by atoms with E-state index in [1.54, 1.807) is 6.33 Å². The molecule has 19 heavy (non-hydrogen) atoms. The number of ether oxygens (including phenoxy) is 1. The van der Waals surface area contributed by atoms with Gasteiger partial charge in [0.05, 0.1) is 24.3 Å². The first-order chi connectivity index (χ1) is 9.29.